The lowest BCUT2D eigenvalue weighted by Crippen LogP contribution is -2.45. The first-order valence-corrected chi connectivity index (χ1v) is 9.78. The standard InChI is InChI=1S/C18H29NO8S/c1-11(2)15(22)25-7-8-26-16(23)12(3)9-28-10-13(14(20)21)19-17(24)27-18(4,5)6/h12-13H,1,7-10H2,2-6H3,(H,19,24)(H,20,21). The quantitative estimate of drug-likeness (QED) is 0.224. The number of carboxylic acid groups (broad SMARTS) is 1. The summed E-state index contributed by atoms with van der Waals surface area (Å²) >= 11 is 1.19. The van der Waals surface area contributed by atoms with Gasteiger partial charge in [0, 0.05) is 17.1 Å². The van der Waals surface area contributed by atoms with Gasteiger partial charge < -0.3 is 24.6 Å². The first-order chi connectivity index (χ1) is 12.8. The molecule has 9 nitrogen and oxygen atoms in total. The highest BCUT2D eigenvalue weighted by Crippen LogP contribution is 2.13. The van der Waals surface area contributed by atoms with E-state index in [1.165, 1.54) is 18.7 Å². The minimum absolute atomic E-state index is 0.0580. The van der Waals surface area contributed by atoms with Crippen LogP contribution in [0.2, 0.25) is 0 Å². The second kappa shape index (κ2) is 12.3. The Morgan fingerprint density at radius 2 is 1.68 bits per heavy atom. The lowest BCUT2D eigenvalue weighted by molar-refractivity contribution is -0.152. The van der Waals surface area contributed by atoms with Gasteiger partial charge in [0.1, 0.15) is 24.9 Å². The molecule has 0 rings (SSSR count). The molecule has 0 bridgehead atoms. The van der Waals surface area contributed by atoms with Gasteiger partial charge >= 0.3 is 24.0 Å². The number of nitrogens with one attached hydrogen (secondary N) is 1. The molecule has 28 heavy (non-hydrogen) atoms. The molecule has 0 aliphatic heterocycles. The van der Waals surface area contributed by atoms with Crippen molar-refractivity contribution in [3.05, 3.63) is 12.2 Å². The molecule has 0 aromatic carbocycles. The van der Waals surface area contributed by atoms with Gasteiger partial charge in [-0.3, -0.25) is 4.79 Å². The molecule has 0 radical (unpaired) electrons. The molecule has 10 heteroatoms. The lowest BCUT2D eigenvalue weighted by Gasteiger charge is -2.22. The fourth-order valence-corrected chi connectivity index (χ4v) is 2.68. The molecule has 2 N–H and O–H groups in total. The van der Waals surface area contributed by atoms with Gasteiger partial charge in [0.25, 0.3) is 0 Å². The number of alkyl carbamates (subject to hydrolysis) is 1. The summed E-state index contributed by atoms with van der Waals surface area (Å²) in [7, 11) is 0. The number of amides is 1. The average Bonchev–Trinajstić information content (AvgIpc) is 2.55. The van der Waals surface area contributed by atoms with Crippen LogP contribution in [-0.4, -0.2) is 65.5 Å². The molecule has 0 aromatic rings. The predicted molar refractivity (Wildman–Crippen MR) is 104 cm³/mol. The highest BCUT2D eigenvalue weighted by molar-refractivity contribution is 7.99. The molecule has 0 fully saturated rings. The Morgan fingerprint density at radius 1 is 1.11 bits per heavy atom. The smallest absolute Gasteiger partial charge is 0.408 e. The van der Waals surface area contributed by atoms with Crippen molar-refractivity contribution >= 4 is 35.8 Å². The number of aliphatic carboxylic acids is 1. The third kappa shape index (κ3) is 12.2. The SMILES string of the molecule is C=C(C)C(=O)OCCOC(=O)C(C)CSCC(NC(=O)OC(C)(C)C)C(=O)O. The molecule has 0 saturated heterocycles. The summed E-state index contributed by atoms with van der Waals surface area (Å²) in [4.78, 5) is 46.0. The van der Waals surface area contributed by atoms with Crippen LogP contribution in [0.15, 0.2) is 12.2 Å². The fourth-order valence-electron chi connectivity index (χ4n) is 1.60. The molecule has 1 amide bonds. The molecular formula is C18H29NO8S. The summed E-state index contributed by atoms with van der Waals surface area (Å²) in [6.45, 7) is 11.4. The largest absolute Gasteiger partial charge is 0.480 e. The van der Waals surface area contributed by atoms with Crippen LogP contribution in [0.4, 0.5) is 4.79 Å². The van der Waals surface area contributed by atoms with Crippen molar-refractivity contribution in [2.75, 3.05) is 24.7 Å². The normalized spacial score (nSPS) is 13.0. The van der Waals surface area contributed by atoms with Crippen LogP contribution in [0.25, 0.3) is 0 Å². The summed E-state index contributed by atoms with van der Waals surface area (Å²) in [6, 6.07) is -1.15. The van der Waals surface area contributed by atoms with E-state index in [0.29, 0.717) is 5.75 Å². The highest BCUT2D eigenvalue weighted by Gasteiger charge is 2.24. The Labute approximate surface area is 169 Å². The van der Waals surface area contributed by atoms with Gasteiger partial charge in [0.2, 0.25) is 0 Å². The van der Waals surface area contributed by atoms with Crippen molar-refractivity contribution in [1.82, 2.24) is 5.32 Å². The van der Waals surface area contributed by atoms with Crippen LogP contribution in [0.1, 0.15) is 34.6 Å². The minimum atomic E-state index is -1.20. The van der Waals surface area contributed by atoms with Crippen molar-refractivity contribution in [1.29, 1.82) is 0 Å². The molecule has 160 valence electrons. The molecule has 0 aliphatic carbocycles. The highest BCUT2D eigenvalue weighted by atomic mass is 32.2. The van der Waals surface area contributed by atoms with Crippen LogP contribution < -0.4 is 5.32 Å². The van der Waals surface area contributed by atoms with E-state index < -0.39 is 41.6 Å². The van der Waals surface area contributed by atoms with Crippen LogP contribution >= 0.6 is 11.8 Å². The molecule has 0 spiro atoms. The van der Waals surface area contributed by atoms with E-state index in [1.54, 1.807) is 27.7 Å². The Bertz CT molecular complexity index is 585. The Hall–Kier alpha value is -2.23. The first-order valence-electron chi connectivity index (χ1n) is 8.62. The predicted octanol–water partition coefficient (Wildman–Crippen LogP) is 2.00. The van der Waals surface area contributed by atoms with Gasteiger partial charge in [-0.25, -0.2) is 14.4 Å². The molecule has 0 aliphatic rings. The zero-order chi connectivity index (χ0) is 21.9. The molecule has 0 saturated carbocycles. The first kappa shape index (κ1) is 25.8. The lowest BCUT2D eigenvalue weighted by atomic mass is 10.2. The number of hydrogen-bond donors (Lipinski definition) is 2. The van der Waals surface area contributed by atoms with Crippen molar-refractivity contribution in [2.24, 2.45) is 5.92 Å². The van der Waals surface area contributed by atoms with E-state index in [2.05, 4.69) is 11.9 Å². The molecule has 0 heterocycles. The van der Waals surface area contributed by atoms with Gasteiger partial charge in [-0.2, -0.15) is 11.8 Å². The third-order valence-corrected chi connectivity index (χ3v) is 4.26. The van der Waals surface area contributed by atoms with Crippen molar-refractivity contribution in [3.63, 3.8) is 0 Å². The van der Waals surface area contributed by atoms with Crippen molar-refractivity contribution in [2.45, 2.75) is 46.3 Å². The van der Waals surface area contributed by atoms with Crippen LogP contribution in [0, 0.1) is 5.92 Å². The molecular weight excluding hydrogens is 390 g/mol. The van der Waals surface area contributed by atoms with Gasteiger partial charge in [0.05, 0.1) is 5.92 Å². The Balaban J connectivity index is 4.22. The van der Waals surface area contributed by atoms with E-state index in [-0.39, 0.29) is 24.5 Å². The van der Waals surface area contributed by atoms with Crippen LogP contribution in [0.5, 0.6) is 0 Å². The second-order valence-corrected chi connectivity index (χ2v) is 8.13. The number of carbonyl (C=O) groups is 4. The van der Waals surface area contributed by atoms with E-state index >= 15 is 0 Å². The number of rotatable bonds is 11. The van der Waals surface area contributed by atoms with Gasteiger partial charge in [-0.1, -0.05) is 13.5 Å². The zero-order valence-electron chi connectivity index (χ0n) is 16.9. The summed E-state index contributed by atoms with van der Waals surface area (Å²) in [5.74, 6) is -2.40. The Morgan fingerprint density at radius 3 is 2.18 bits per heavy atom. The summed E-state index contributed by atoms with van der Waals surface area (Å²) in [6.07, 6.45) is -0.822. The monoisotopic (exact) mass is 419 g/mol. The number of ether oxygens (including phenoxy) is 3. The molecule has 2 atom stereocenters. The van der Waals surface area contributed by atoms with Gasteiger partial charge in [0.15, 0.2) is 0 Å². The molecule has 0 aromatic heterocycles. The minimum Gasteiger partial charge on any atom is -0.480 e. The zero-order valence-corrected chi connectivity index (χ0v) is 17.7. The summed E-state index contributed by atoms with van der Waals surface area (Å²) in [5, 5.41) is 11.5. The Kier molecular flexibility index (Phi) is 11.3. The maximum atomic E-state index is 11.9. The van der Waals surface area contributed by atoms with Gasteiger partial charge in [-0.15, -0.1) is 0 Å². The third-order valence-electron chi connectivity index (χ3n) is 2.95. The number of esters is 2. The van der Waals surface area contributed by atoms with Crippen LogP contribution in [0.3, 0.4) is 0 Å². The summed E-state index contributed by atoms with van der Waals surface area (Å²) < 4.78 is 14.8. The maximum absolute atomic E-state index is 11.9. The van der Waals surface area contributed by atoms with Gasteiger partial charge in [-0.05, 0) is 27.7 Å². The second-order valence-electron chi connectivity index (χ2n) is 7.06. The number of thioether (sulfide) groups is 1. The van der Waals surface area contributed by atoms with Crippen molar-refractivity contribution < 1.29 is 38.5 Å². The topological polar surface area (TPSA) is 128 Å². The number of hydrogen-bond acceptors (Lipinski definition) is 8. The molecule has 2 unspecified atom stereocenters. The van der Waals surface area contributed by atoms with Crippen molar-refractivity contribution in [3.8, 4) is 0 Å². The fraction of sp³-hybridized carbons (Fsp3) is 0.667. The summed E-state index contributed by atoms with van der Waals surface area (Å²) in [5.41, 5.74) is -0.485. The average molecular weight is 419 g/mol. The van der Waals surface area contributed by atoms with E-state index in [1.807, 2.05) is 0 Å². The maximum Gasteiger partial charge on any atom is 0.408 e. The van der Waals surface area contributed by atoms with E-state index in [9.17, 15) is 24.3 Å². The van der Waals surface area contributed by atoms with Crippen LogP contribution in [-0.2, 0) is 28.6 Å². The number of carbonyl (C=O) groups excluding carboxylic acids is 3. The van der Waals surface area contributed by atoms with E-state index in [0.717, 1.165) is 0 Å². The number of carboxylic acids is 1. The van der Waals surface area contributed by atoms with E-state index in [4.69, 9.17) is 14.2 Å².